The molecule has 8 heteroatoms. The molecule has 1 amide bonds. The molecule has 0 saturated carbocycles. The third-order valence-electron chi connectivity index (χ3n) is 2.62. The SMILES string of the molecule is CCSc1ncc(Cl)c(C(=O)NC(C(=O)OC)C(C)C)n1. The lowest BCUT2D eigenvalue weighted by atomic mass is 10.0. The van der Waals surface area contributed by atoms with Crippen LogP contribution in [-0.4, -0.2) is 40.7 Å². The molecule has 6 nitrogen and oxygen atoms in total. The van der Waals surface area contributed by atoms with Gasteiger partial charge >= 0.3 is 5.97 Å². The highest BCUT2D eigenvalue weighted by molar-refractivity contribution is 7.99. The van der Waals surface area contributed by atoms with Gasteiger partial charge in [0, 0.05) is 0 Å². The number of rotatable bonds is 6. The third kappa shape index (κ3) is 4.86. The Morgan fingerprint density at radius 3 is 2.67 bits per heavy atom. The summed E-state index contributed by atoms with van der Waals surface area (Å²) in [6, 6.07) is -0.754. The van der Waals surface area contributed by atoms with Crippen molar-refractivity contribution in [2.45, 2.75) is 32.0 Å². The normalized spacial score (nSPS) is 12.1. The maximum absolute atomic E-state index is 12.3. The van der Waals surface area contributed by atoms with Gasteiger partial charge in [-0.25, -0.2) is 14.8 Å². The Bertz CT molecular complexity index is 525. The molecule has 1 aromatic heterocycles. The first kappa shape index (κ1) is 17.7. The largest absolute Gasteiger partial charge is 0.467 e. The molecule has 1 heterocycles. The number of carbonyl (C=O) groups excluding carboxylic acids is 2. The van der Waals surface area contributed by atoms with Crippen LogP contribution in [0.15, 0.2) is 11.4 Å². The van der Waals surface area contributed by atoms with Gasteiger partial charge in [0.15, 0.2) is 10.9 Å². The lowest BCUT2D eigenvalue weighted by molar-refractivity contribution is -0.144. The first-order chi connectivity index (χ1) is 9.90. The van der Waals surface area contributed by atoms with Crippen molar-refractivity contribution in [3.63, 3.8) is 0 Å². The van der Waals surface area contributed by atoms with Gasteiger partial charge in [0.25, 0.3) is 5.91 Å². The summed E-state index contributed by atoms with van der Waals surface area (Å²) in [6.45, 7) is 5.57. The molecule has 1 unspecified atom stereocenters. The number of carbonyl (C=O) groups is 2. The number of nitrogens with zero attached hydrogens (tertiary/aromatic N) is 2. The van der Waals surface area contributed by atoms with E-state index in [9.17, 15) is 9.59 Å². The molecular weight excluding hydrogens is 314 g/mol. The average Bonchev–Trinajstić information content (AvgIpc) is 2.45. The minimum absolute atomic E-state index is 0.0529. The Labute approximate surface area is 133 Å². The van der Waals surface area contributed by atoms with Crippen LogP contribution in [0.4, 0.5) is 0 Å². The predicted molar refractivity (Wildman–Crippen MR) is 81.5 cm³/mol. The van der Waals surface area contributed by atoms with Crippen LogP contribution < -0.4 is 5.32 Å². The zero-order chi connectivity index (χ0) is 16.0. The van der Waals surface area contributed by atoms with E-state index in [-0.39, 0.29) is 16.6 Å². The highest BCUT2D eigenvalue weighted by Gasteiger charge is 2.27. The Kier molecular flexibility index (Phi) is 6.91. The Morgan fingerprint density at radius 1 is 1.48 bits per heavy atom. The fraction of sp³-hybridized carbons (Fsp3) is 0.538. The molecule has 0 aliphatic carbocycles. The second-order valence-corrected chi connectivity index (χ2v) is 6.14. The van der Waals surface area contributed by atoms with Crippen LogP contribution >= 0.6 is 23.4 Å². The van der Waals surface area contributed by atoms with Crippen molar-refractivity contribution in [2.75, 3.05) is 12.9 Å². The maximum Gasteiger partial charge on any atom is 0.328 e. The zero-order valence-electron chi connectivity index (χ0n) is 12.3. The number of nitrogens with one attached hydrogen (secondary N) is 1. The minimum atomic E-state index is -0.754. The van der Waals surface area contributed by atoms with Crippen LogP contribution in [0.1, 0.15) is 31.3 Å². The van der Waals surface area contributed by atoms with E-state index in [1.165, 1.54) is 25.1 Å². The Morgan fingerprint density at radius 2 is 2.14 bits per heavy atom. The number of methoxy groups -OCH3 is 1. The van der Waals surface area contributed by atoms with Crippen molar-refractivity contribution >= 4 is 35.2 Å². The molecular formula is C13H18ClN3O3S. The molecule has 0 radical (unpaired) electrons. The van der Waals surface area contributed by atoms with Crippen LogP contribution in [0, 0.1) is 5.92 Å². The average molecular weight is 332 g/mol. The van der Waals surface area contributed by atoms with Crippen molar-refractivity contribution in [2.24, 2.45) is 5.92 Å². The van der Waals surface area contributed by atoms with Crippen LogP contribution in [0.25, 0.3) is 0 Å². The number of ether oxygens (including phenoxy) is 1. The molecule has 21 heavy (non-hydrogen) atoms. The first-order valence-electron chi connectivity index (χ1n) is 6.44. The molecule has 116 valence electrons. The lowest BCUT2D eigenvalue weighted by Gasteiger charge is -2.19. The van der Waals surface area contributed by atoms with E-state index in [1.54, 1.807) is 0 Å². The highest BCUT2D eigenvalue weighted by atomic mass is 35.5. The van der Waals surface area contributed by atoms with Crippen molar-refractivity contribution in [3.8, 4) is 0 Å². The third-order valence-corrected chi connectivity index (χ3v) is 3.64. The molecule has 1 atom stereocenters. The second-order valence-electron chi connectivity index (χ2n) is 4.50. The standard InChI is InChI=1S/C13H18ClN3O3S/c1-5-21-13-15-6-8(14)10(17-13)11(18)16-9(7(2)3)12(19)20-4/h6-7,9H,5H2,1-4H3,(H,16,18). The summed E-state index contributed by atoms with van der Waals surface area (Å²) < 4.78 is 4.68. The summed E-state index contributed by atoms with van der Waals surface area (Å²) in [4.78, 5) is 32.1. The molecule has 0 aliphatic heterocycles. The lowest BCUT2D eigenvalue weighted by Crippen LogP contribution is -2.45. The van der Waals surface area contributed by atoms with E-state index in [0.29, 0.717) is 5.16 Å². The van der Waals surface area contributed by atoms with Gasteiger partial charge in [-0.15, -0.1) is 0 Å². The van der Waals surface area contributed by atoms with Crippen LogP contribution in [-0.2, 0) is 9.53 Å². The minimum Gasteiger partial charge on any atom is -0.467 e. The number of thioether (sulfide) groups is 1. The summed E-state index contributed by atoms with van der Waals surface area (Å²) in [5.41, 5.74) is 0.0529. The van der Waals surface area contributed by atoms with Crippen molar-refractivity contribution in [1.82, 2.24) is 15.3 Å². The smallest absolute Gasteiger partial charge is 0.328 e. The molecule has 0 bridgehead atoms. The Hall–Kier alpha value is -1.34. The van der Waals surface area contributed by atoms with Gasteiger partial charge in [0.1, 0.15) is 6.04 Å². The number of hydrogen-bond acceptors (Lipinski definition) is 6. The molecule has 0 aliphatic rings. The number of hydrogen-bond donors (Lipinski definition) is 1. The molecule has 0 saturated heterocycles. The summed E-state index contributed by atoms with van der Waals surface area (Å²) in [7, 11) is 1.28. The first-order valence-corrected chi connectivity index (χ1v) is 7.81. The number of halogens is 1. The molecule has 1 rings (SSSR count). The van der Waals surface area contributed by atoms with Gasteiger partial charge in [-0.3, -0.25) is 4.79 Å². The summed E-state index contributed by atoms with van der Waals surface area (Å²) in [5.74, 6) is -0.373. The topological polar surface area (TPSA) is 81.2 Å². The quantitative estimate of drug-likeness (QED) is 0.489. The fourth-order valence-electron chi connectivity index (χ4n) is 1.54. The summed E-state index contributed by atoms with van der Waals surface area (Å²) >= 11 is 7.36. The maximum atomic E-state index is 12.3. The number of aromatic nitrogens is 2. The highest BCUT2D eigenvalue weighted by Crippen LogP contribution is 2.18. The van der Waals surface area contributed by atoms with E-state index in [1.807, 2.05) is 20.8 Å². The van der Waals surface area contributed by atoms with Crippen LogP contribution in [0.5, 0.6) is 0 Å². The van der Waals surface area contributed by atoms with Crippen LogP contribution in [0.3, 0.4) is 0 Å². The van der Waals surface area contributed by atoms with Gasteiger partial charge in [-0.05, 0) is 11.7 Å². The van der Waals surface area contributed by atoms with Gasteiger partial charge < -0.3 is 10.1 Å². The monoisotopic (exact) mass is 331 g/mol. The predicted octanol–water partition coefficient (Wildman–Crippen LogP) is 2.17. The molecule has 0 fully saturated rings. The summed E-state index contributed by atoms with van der Waals surface area (Å²) in [5, 5.41) is 3.20. The van der Waals surface area contributed by atoms with E-state index in [2.05, 4.69) is 20.0 Å². The van der Waals surface area contributed by atoms with Gasteiger partial charge in [0.2, 0.25) is 0 Å². The van der Waals surface area contributed by atoms with Gasteiger partial charge in [-0.1, -0.05) is 44.1 Å². The number of amides is 1. The Balaban J connectivity index is 2.96. The number of esters is 1. The van der Waals surface area contributed by atoms with Crippen molar-refractivity contribution < 1.29 is 14.3 Å². The van der Waals surface area contributed by atoms with E-state index in [0.717, 1.165) is 5.75 Å². The van der Waals surface area contributed by atoms with Gasteiger partial charge in [-0.2, -0.15) is 0 Å². The van der Waals surface area contributed by atoms with E-state index in [4.69, 9.17) is 11.6 Å². The second kappa shape index (κ2) is 8.19. The zero-order valence-corrected chi connectivity index (χ0v) is 13.9. The molecule has 1 N–H and O–H groups in total. The molecule has 0 aromatic carbocycles. The van der Waals surface area contributed by atoms with Gasteiger partial charge in [0.05, 0.1) is 18.3 Å². The van der Waals surface area contributed by atoms with Crippen LogP contribution in [0.2, 0.25) is 5.02 Å². The molecule has 0 spiro atoms. The van der Waals surface area contributed by atoms with Crippen molar-refractivity contribution in [1.29, 1.82) is 0 Å². The van der Waals surface area contributed by atoms with E-state index < -0.39 is 17.9 Å². The van der Waals surface area contributed by atoms with Crippen molar-refractivity contribution in [3.05, 3.63) is 16.9 Å². The molecule has 1 aromatic rings. The summed E-state index contributed by atoms with van der Waals surface area (Å²) in [6.07, 6.45) is 1.38. The fourth-order valence-corrected chi connectivity index (χ4v) is 2.26. The van der Waals surface area contributed by atoms with E-state index >= 15 is 0 Å².